The average molecular weight is 281 g/mol. The molecule has 1 atom stereocenters. The molecular formula is C15H17F2NS. The van der Waals surface area contributed by atoms with Gasteiger partial charge in [-0.25, -0.2) is 8.78 Å². The van der Waals surface area contributed by atoms with Crippen LogP contribution in [-0.4, -0.2) is 6.54 Å². The maximum Gasteiger partial charge on any atom is 0.159 e. The number of hydrogen-bond donors (Lipinski definition) is 1. The van der Waals surface area contributed by atoms with E-state index in [9.17, 15) is 8.78 Å². The van der Waals surface area contributed by atoms with Crippen molar-refractivity contribution in [1.82, 2.24) is 5.32 Å². The minimum Gasteiger partial charge on any atom is -0.310 e. The van der Waals surface area contributed by atoms with Crippen LogP contribution in [0.3, 0.4) is 0 Å². The Hall–Kier alpha value is -1.26. The first-order valence-electron chi connectivity index (χ1n) is 6.40. The van der Waals surface area contributed by atoms with Gasteiger partial charge < -0.3 is 5.32 Å². The highest BCUT2D eigenvalue weighted by atomic mass is 32.1. The number of benzene rings is 1. The quantitative estimate of drug-likeness (QED) is 0.832. The third-order valence-corrected chi connectivity index (χ3v) is 3.71. The van der Waals surface area contributed by atoms with Crippen molar-refractivity contribution in [3.8, 4) is 0 Å². The van der Waals surface area contributed by atoms with Crippen molar-refractivity contribution >= 4 is 11.3 Å². The summed E-state index contributed by atoms with van der Waals surface area (Å²) in [6.07, 6.45) is 1.70. The van der Waals surface area contributed by atoms with E-state index in [1.807, 2.05) is 5.38 Å². The second-order valence-electron chi connectivity index (χ2n) is 4.52. The van der Waals surface area contributed by atoms with Crippen molar-refractivity contribution in [2.45, 2.75) is 25.8 Å². The van der Waals surface area contributed by atoms with Crippen molar-refractivity contribution in [1.29, 1.82) is 0 Å². The van der Waals surface area contributed by atoms with E-state index >= 15 is 0 Å². The van der Waals surface area contributed by atoms with Gasteiger partial charge in [-0.1, -0.05) is 13.0 Å². The zero-order valence-corrected chi connectivity index (χ0v) is 11.6. The summed E-state index contributed by atoms with van der Waals surface area (Å²) in [5.41, 5.74) is 2.00. The van der Waals surface area contributed by atoms with E-state index in [4.69, 9.17) is 0 Å². The fourth-order valence-electron chi connectivity index (χ4n) is 2.00. The molecule has 0 saturated heterocycles. The lowest BCUT2D eigenvalue weighted by molar-refractivity contribution is 0.500. The van der Waals surface area contributed by atoms with Crippen LogP contribution in [0.15, 0.2) is 35.0 Å². The Morgan fingerprint density at radius 1 is 1.21 bits per heavy atom. The lowest BCUT2D eigenvalue weighted by Gasteiger charge is -2.17. The van der Waals surface area contributed by atoms with Gasteiger partial charge >= 0.3 is 0 Å². The molecule has 4 heteroatoms. The zero-order valence-electron chi connectivity index (χ0n) is 10.8. The molecule has 0 spiro atoms. The van der Waals surface area contributed by atoms with E-state index in [0.29, 0.717) is 6.42 Å². The SMILES string of the molecule is CCCNC(Cc1ccc(F)c(F)c1)c1ccsc1. The fourth-order valence-corrected chi connectivity index (χ4v) is 2.72. The highest BCUT2D eigenvalue weighted by Gasteiger charge is 2.13. The zero-order chi connectivity index (χ0) is 13.7. The predicted molar refractivity (Wildman–Crippen MR) is 75.4 cm³/mol. The molecule has 0 aliphatic carbocycles. The van der Waals surface area contributed by atoms with Crippen LogP contribution in [0.25, 0.3) is 0 Å². The molecule has 1 unspecified atom stereocenters. The third-order valence-electron chi connectivity index (χ3n) is 3.01. The molecule has 0 aliphatic heterocycles. The van der Waals surface area contributed by atoms with E-state index in [-0.39, 0.29) is 6.04 Å². The Kier molecular flexibility index (Phi) is 5.05. The predicted octanol–water partition coefficient (Wildman–Crippen LogP) is 4.31. The molecule has 102 valence electrons. The average Bonchev–Trinajstić information content (AvgIpc) is 2.92. The molecule has 1 N–H and O–H groups in total. The van der Waals surface area contributed by atoms with Crippen molar-refractivity contribution in [3.05, 3.63) is 57.8 Å². The molecule has 2 aromatic rings. The summed E-state index contributed by atoms with van der Waals surface area (Å²) in [5.74, 6) is -1.57. The van der Waals surface area contributed by atoms with Crippen LogP contribution in [0.5, 0.6) is 0 Å². The molecule has 0 saturated carbocycles. The van der Waals surface area contributed by atoms with E-state index in [0.717, 1.165) is 18.5 Å². The Morgan fingerprint density at radius 2 is 2.05 bits per heavy atom. The lowest BCUT2D eigenvalue weighted by Crippen LogP contribution is -2.23. The van der Waals surface area contributed by atoms with Crippen LogP contribution >= 0.6 is 11.3 Å². The molecule has 1 heterocycles. The highest BCUT2D eigenvalue weighted by molar-refractivity contribution is 7.07. The Labute approximate surface area is 116 Å². The topological polar surface area (TPSA) is 12.0 Å². The Morgan fingerprint density at radius 3 is 2.68 bits per heavy atom. The second kappa shape index (κ2) is 6.78. The molecular weight excluding hydrogens is 264 g/mol. The summed E-state index contributed by atoms with van der Waals surface area (Å²) in [6.45, 7) is 3.01. The smallest absolute Gasteiger partial charge is 0.159 e. The number of nitrogens with one attached hydrogen (secondary N) is 1. The number of rotatable bonds is 6. The molecule has 19 heavy (non-hydrogen) atoms. The molecule has 0 fully saturated rings. The monoisotopic (exact) mass is 281 g/mol. The van der Waals surface area contributed by atoms with Crippen LogP contribution in [0.4, 0.5) is 8.78 Å². The van der Waals surface area contributed by atoms with Crippen LogP contribution in [-0.2, 0) is 6.42 Å². The molecule has 0 amide bonds. The lowest BCUT2D eigenvalue weighted by atomic mass is 10.0. The van der Waals surface area contributed by atoms with E-state index < -0.39 is 11.6 Å². The van der Waals surface area contributed by atoms with E-state index in [1.54, 1.807) is 17.4 Å². The normalized spacial score (nSPS) is 12.6. The number of thiophene rings is 1. The second-order valence-corrected chi connectivity index (χ2v) is 5.30. The maximum atomic E-state index is 13.2. The molecule has 0 radical (unpaired) electrons. The Bertz CT molecular complexity index is 511. The van der Waals surface area contributed by atoms with Gasteiger partial charge in [-0.05, 0) is 59.5 Å². The fraction of sp³-hybridized carbons (Fsp3) is 0.333. The van der Waals surface area contributed by atoms with Crippen LogP contribution < -0.4 is 5.32 Å². The van der Waals surface area contributed by atoms with Gasteiger partial charge in [-0.15, -0.1) is 0 Å². The van der Waals surface area contributed by atoms with Gasteiger partial charge in [0, 0.05) is 6.04 Å². The van der Waals surface area contributed by atoms with Crippen molar-refractivity contribution in [2.24, 2.45) is 0 Å². The minimum absolute atomic E-state index is 0.149. The van der Waals surface area contributed by atoms with Crippen molar-refractivity contribution < 1.29 is 8.78 Å². The third kappa shape index (κ3) is 3.85. The first kappa shape index (κ1) is 14.2. The van der Waals surface area contributed by atoms with Crippen molar-refractivity contribution in [2.75, 3.05) is 6.54 Å². The van der Waals surface area contributed by atoms with Crippen LogP contribution in [0, 0.1) is 11.6 Å². The van der Waals surface area contributed by atoms with Gasteiger partial charge in [0.05, 0.1) is 0 Å². The van der Waals surface area contributed by atoms with Gasteiger partial charge in [0.25, 0.3) is 0 Å². The van der Waals surface area contributed by atoms with Gasteiger partial charge in [0.2, 0.25) is 0 Å². The summed E-state index contributed by atoms with van der Waals surface area (Å²) < 4.78 is 26.2. The molecule has 1 aromatic heterocycles. The summed E-state index contributed by atoms with van der Waals surface area (Å²) in [5, 5.41) is 7.56. The summed E-state index contributed by atoms with van der Waals surface area (Å²) in [6, 6.07) is 6.33. The summed E-state index contributed by atoms with van der Waals surface area (Å²) in [4.78, 5) is 0. The van der Waals surface area contributed by atoms with Crippen LogP contribution in [0.1, 0.15) is 30.5 Å². The summed E-state index contributed by atoms with van der Waals surface area (Å²) in [7, 11) is 0. The molecule has 2 rings (SSSR count). The molecule has 1 aromatic carbocycles. The van der Waals surface area contributed by atoms with Gasteiger partial charge in [0.15, 0.2) is 11.6 Å². The number of halogens is 2. The first-order chi connectivity index (χ1) is 9.20. The highest BCUT2D eigenvalue weighted by Crippen LogP contribution is 2.22. The maximum absolute atomic E-state index is 13.2. The minimum atomic E-state index is -0.794. The van der Waals surface area contributed by atoms with Gasteiger partial charge in [-0.2, -0.15) is 11.3 Å². The van der Waals surface area contributed by atoms with E-state index in [2.05, 4.69) is 23.7 Å². The molecule has 0 aliphatic rings. The van der Waals surface area contributed by atoms with E-state index in [1.165, 1.54) is 17.7 Å². The first-order valence-corrected chi connectivity index (χ1v) is 7.34. The van der Waals surface area contributed by atoms with Crippen LogP contribution in [0.2, 0.25) is 0 Å². The molecule has 0 bridgehead atoms. The standard InChI is InChI=1S/C15H17F2NS/c1-2-6-18-15(12-5-7-19-10-12)9-11-3-4-13(16)14(17)8-11/h3-5,7-8,10,15,18H,2,6,9H2,1H3. The largest absolute Gasteiger partial charge is 0.310 e. The molecule has 1 nitrogen and oxygen atoms in total. The van der Waals surface area contributed by atoms with Gasteiger partial charge in [-0.3, -0.25) is 0 Å². The number of hydrogen-bond acceptors (Lipinski definition) is 2. The van der Waals surface area contributed by atoms with Gasteiger partial charge in [0.1, 0.15) is 0 Å². The van der Waals surface area contributed by atoms with Crippen molar-refractivity contribution in [3.63, 3.8) is 0 Å². The summed E-state index contributed by atoms with van der Waals surface area (Å²) >= 11 is 1.64. The Balaban J connectivity index is 2.13.